The Morgan fingerprint density at radius 3 is 2.44 bits per heavy atom. The first-order valence-corrected chi connectivity index (χ1v) is 5.39. The van der Waals surface area contributed by atoms with Gasteiger partial charge in [-0.15, -0.1) is 0 Å². The molecule has 0 amide bonds. The van der Waals surface area contributed by atoms with Gasteiger partial charge < -0.3 is 10.1 Å². The molecular formula is C12H16N2O4. The summed E-state index contributed by atoms with van der Waals surface area (Å²) in [4.78, 5) is 21.8. The van der Waals surface area contributed by atoms with Crippen molar-refractivity contribution in [3.63, 3.8) is 0 Å². The van der Waals surface area contributed by atoms with Crippen molar-refractivity contribution in [3.8, 4) is 0 Å². The fraction of sp³-hybridized carbons (Fsp3) is 0.417. The van der Waals surface area contributed by atoms with Crippen molar-refractivity contribution in [1.29, 1.82) is 0 Å². The molecule has 0 aliphatic carbocycles. The zero-order valence-corrected chi connectivity index (χ0v) is 10.8. The van der Waals surface area contributed by atoms with Gasteiger partial charge in [-0.1, -0.05) is 0 Å². The maximum Gasteiger partial charge on any atom is 0.340 e. The molecule has 1 N–H and O–H groups in total. The van der Waals surface area contributed by atoms with Crippen molar-refractivity contribution in [2.75, 3.05) is 12.4 Å². The largest absolute Gasteiger partial charge is 0.465 e. The number of carbonyl (C=O) groups excluding carboxylic acids is 1. The molecule has 0 saturated heterocycles. The molecule has 0 aliphatic rings. The molecule has 0 radical (unpaired) electrons. The van der Waals surface area contributed by atoms with Crippen molar-refractivity contribution in [3.05, 3.63) is 33.9 Å². The summed E-state index contributed by atoms with van der Waals surface area (Å²) in [5.41, 5.74) is 0.260. The van der Waals surface area contributed by atoms with Crippen molar-refractivity contribution < 1.29 is 14.5 Å². The predicted molar refractivity (Wildman–Crippen MR) is 67.8 cm³/mol. The van der Waals surface area contributed by atoms with E-state index in [1.807, 2.05) is 20.8 Å². The van der Waals surface area contributed by atoms with Gasteiger partial charge in [-0.25, -0.2) is 4.79 Å². The van der Waals surface area contributed by atoms with Crippen LogP contribution in [0.25, 0.3) is 0 Å². The van der Waals surface area contributed by atoms with E-state index in [1.165, 1.54) is 25.3 Å². The number of ether oxygens (including phenoxy) is 1. The Morgan fingerprint density at radius 2 is 2.00 bits per heavy atom. The molecule has 0 heterocycles. The van der Waals surface area contributed by atoms with E-state index in [2.05, 4.69) is 10.1 Å². The van der Waals surface area contributed by atoms with Crippen molar-refractivity contribution >= 4 is 17.3 Å². The highest BCUT2D eigenvalue weighted by atomic mass is 16.6. The number of methoxy groups -OCH3 is 1. The second kappa shape index (κ2) is 5.03. The summed E-state index contributed by atoms with van der Waals surface area (Å²) in [7, 11) is 1.24. The Hall–Kier alpha value is -2.11. The Bertz CT molecular complexity index is 477. The molecule has 0 fully saturated rings. The van der Waals surface area contributed by atoms with Crippen LogP contribution < -0.4 is 5.32 Å². The zero-order valence-electron chi connectivity index (χ0n) is 10.8. The van der Waals surface area contributed by atoms with Crippen LogP contribution in [0.1, 0.15) is 31.1 Å². The summed E-state index contributed by atoms with van der Waals surface area (Å²) in [6.07, 6.45) is 0. The number of carbonyl (C=O) groups is 1. The standard InChI is InChI=1S/C12H16N2O4/c1-12(2,3)13-10-6-5-8(14(16)17)7-9(10)11(15)18-4/h5-7,13H,1-4H3. The molecule has 0 aliphatic heterocycles. The fourth-order valence-electron chi connectivity index (χ4n) is 1.44. The molecule has 0 aromatic heterocycles. The van der Waals surface area contributed by atoms with Gasteiger partial charge in [0.25, 0.3) is 5.69 Å². The lowest BCUT2D eigenvalue weighted by atomic mass is 10.1. The third kappa shape index (κ3) is 3.44. The highest BCUT2D eigenvalue weighted by Gasteiger charge is 2.20. The van der Waals surface area contributed by atoms with Crippen molar-refractivity contribution in [1.82, 2.24) is 0 Å². The minimum absolute atomic E-state index is 0.144. The molecular weight excluding hydrogens is 236 g/mol. The zero-order chi connectivity index (χ0) is 13.9. The van der Waals surface area contributed by atoms with E-state index >= 15 is 0 Å². The molecule has 6 heteroatoms. The van der Waals surface area contributed by atoms with Crippen LogP contribution in [-0.4, -0.2) is 23.5 Å². The van der Waals surface area contributed by atoms with Crippen molar-refractivity contribution in [2.45, 2.75) is 26.3 Å². The second-order valence-corrected chi connectivity index (χ2v) is 4.85. The van der Waals surface area contributed by atoms with E-state index in [-0.39, 0.29) is 16.8 Å². The highest BCUT2D eigenvalue weighted by Crippen LogP contribution is 2.25. The molecule has 0 bridgehead atoms. The summed E-state index contributed by atoms with van der Waals surface area (Å²) in [6, 6.07) is 4.07. The fourth-order valence-corrected chi connectivity index (χ4v) is 1.44. The quantitative estimate of drug-likeness (QED) is 0.508. The molecule has 0 atom stereocenters. The first kappa shape index (κ1) is 14.0. The highest BCUT2D eigenvalue weighted by molar-refractivity contribution is 5.96. The Labute approximate surface area is 105 Å². The van der Waals surface area contributed by atoms with Crippen LogP contribution in [0.5, 0.6) is 0 Å². The minimum atomic E-state index is -0.606. The smallest absolute Gasteiger partial charge is 0.340 e. The average molecular weight is 252 g/mol. The number of rotatable bonds is 3. The topological polar surface area (TPSA) is 81.5 Å². The maximum absolute atomic E-state index is 11.6. The average Bonchev–Trinajstić information content (AvgIpc) is 2.26. The normalized spacial score (nSPS) is 10.9. The number of nitrogens with zero attached hydrogens (tertiary/aromatic N) is 1. The Kier molecular flexibility index (Phi) is 3.90. The van der Waals surface area contributed by atoms with E-state index in [0.717, 1.165) is 0 Å². The summed E-state index contributed by atoms with van der Waals surface area (Å²) in [6.45, 7) is 5.78. The van der Waals surface area contributed by atoms with Crippen LogP contribution in [0.4, 0.5) is 11.4 Å². The minimum Gasteiger partial charge on any atom is -0.465 e. The van der Waals surface area contributed by atoms with Gasteiger partial charge >= 0.3 is 5.97 Å². The van der Waals surface area contributed by atoms with Gasteiger partial charge in [0.15, 0.2) is 0 Å². The number of anilines is 1. The van der Waals surface area contributed by atoms with E-state index in [0.29, 0.717) is 5.69 Å². The number of non-ortho nitro benzene ring substituents is 1. The van der Waals surface area contributed by atoms with Gasteiger partial charge in [-0.05, 0) is 26.8 Å². The van der Waals surface area contributed by atoms with E-state index in [9.17, 15) is 14.9 Å². The van der Waals surface area contributed by atoms with Gasteiger partial charge in [-0.2, -0.15) is 0 Å². The van der Waals surface area contributed by atoms with E-state index in [4.69, 9.17) is 0 Å². The van der Waals surface area contributed by atoms with Crippen LogP contribution >= 0.6 is 0 Å². The lowest BCUT2D eigenvalue weighted by Gasteiger charge is -2.23. The third-order valence-corrected chi connectivity index (χ3v) is 2.13. The molecule has 98 valence electrons. The van der Waals surface area contributed by atoms with Gasteiger partial charge in [0.05, 0.1) is 17.6 Å². The molecule has 0 saturated carbocycles. The molecule has 1 aromatic carbocycles. The van der Waals surface area contributed by atoms with E-state index in [1.54, 1.807) is 0 Å². The first-order chi connectivity index (χ1) is 8.24. The summed E-state index contributed by atoms with van der Waals surface area (Å²) < 4.78 is 4.62. The first-order valence-electron chi connectivity index (χ1n) is 5.39. The van der Waals surface area contributed by atoms with Gasteiger partial charge in [0, 0.05) is 23.4 Å². The number of nitro benzene ring substituents is 1. The number of benzene rings is 1. The number of hydrogen-bond acceptors (Lipinski definition) is 5. The SMILES string of the molecule is COC(=O)c1cc([N+](=O)[O-])ccc1NC(C)(C)C. The van der Waals surface area contributed by atoms with Gasteiger partial charge in [0.1, 0.15) is 0 Å². The lowest BCUT2D eigenvalue weighted by molar-refractivity contribution is -0.384. The molecule has 1 rings (SSSR count). The number of nitrogens with one attached hydrogen (secondary N) is 1. The van der Waals surface area contributed by atoms with Gasteiger partial charge in [0.2, 0.25) is 0 Å². The summed E-state index contributed by atoms with van der Waals surface area (Å²) in [5, 5.41) is 13.8. The van der Waals surface area contributed by atoms with Crippen LogP contribution in [0.2, 0.25) is 0 Å². The maximum atomic E-state index is 11.6. The predicted octanol–water partition coefficient (Wildman–Crippen LogP) is 2.59. The van der Waals surface area contributed by atoms with Crippen LogP contribution in [-0.2, 0) is 4.74 Å². The summed E-state index contributed by atoms with van der Waals surface area (Å²) >= 11 is 0. The van der Waals surface area contributed by atoms with Crippen molar-refractivity contribution in [2.24, 2.45) is 0 Å². The molecule has 0 spiro atoms. The molecule has 0 unspecified atom stereocenters. The van der Waals surface area contributed by atoms with E-state index < -0.39 is 10.9 Å². The number of nitro groups is 1. The number of esters is 1. The van der Waals surface area contributed by atoms with Crippen LogP contribution in [0.15, 0.2) is 18.2 Å². The second-order valence-electron chi connectivity index (χ2n) is 4.85. The molecule has 1 aromatic rings. The summed E-state index contributed by atoms with van der Waals surface area (Å²) in [5.74, 6) is -0.606. The third-order valence-electron chi connectivity index (χ3n) is 2.13. The monoisotopic (exact) mass is 252 g/mol. The van der Waals surface area contributed by atoms with Crippen LogP contribution in [0, 0.1) is 10.1 Å². The molecule has 6 nitrogen and oxygen atoms in total. The number of hydrogen-bond donors (Lipinski definition) is 1. The Balaban J connectivity index is 3.25. The molecule has 18 heavy (non-hydrogen) atoms. The van der Waals surface area contributed by atoms with Gasteiger partial charge in [-0.3, -0.25) is 10.1 Å². The van der Waals surface area contributed by atoms with Crippen LogP contribution in [0.3, 0.4) is 0 Å². The Morgan fingerprint density at radius 1 is 1.39 bits per heavy atom. The lowest BCUT2D eigenvalue weighted by Crippen LogP contribution is -2.27.